The predicted molar refractivity (Wildman–Crippen MR) is 69.2 cm³/mol. The number of carboxylic acids is 1. The summed E-state index contributed by atoms with van der Waals surface area (Å²) in [4.78, 5) is 25.7. The lowest BCUT2D eigenvalue weighted by molar-refractivity contribution is -0.135. The van der Waals surface area contributed by atoms with E-state index in [1.165, 1.54) is 5.38 Å². The number of aromatic nitrogens is 1. The largest absolute Gasteiger partial charge is 0.476 e. The van der Waals surface area contributed by atoms with Gasteiger partial charge in [-0.3, -0.25) is 0 Å². The van der Waals surface area contributed by atoms with E-state index in [0.29, 0.717) is 5.01 Å². The van der Waals surface area contributed by atoms with Crippen LogP contribution in [-0.2, 0) is 6.54 Å². The molecule has 3 N–H and O–H groups in total. The van der Waals surface area contributed by atoms with Crippen LogP contribution >= 0.6 is 11.3 Å². The number of carbonyl (C=O) groups is 2. The molecule has 21 heavy (non-hydrogen) atoms. The molecule has 0 unspecified atom stereocenters. The van der Waals surface area contributed by atoms with Gasteiger partial charge in [-0.15, -0.1) is 11.3 Å². The van der Waals surface area contributed by atoms with Crippen molar-refractivity contribution in [3.63, 3.8) is 0 Å². The fraction of sp³-hybridized carbons (Fsp3) is 0.545. The standard InChI is InChI=1S/C11H14F3N3O3S/c12-11(13,14)3-1-2-4-15-10(20)16-5-8-17-7(6-21-8)9(18)19/h6H,1-5H2,(H,18,19)(H2,15,16,20). The smallest absolute Gasteiger partial charge is 0.389 e. The Kier molecular flexibility index (Phi) is 6.40. The molecule has 0 aliphatic rings. The van der Waals surface area contributed by atoms with Gasteiger partial charge in [0.05, 0.1) is 6.54 Å². The van der Waals surface area contributed by atoms with Crippen molar-refractivity contribution in [2.24, 2.45) is 0 Å². The molecule has 0 saturated heterocycles. The molecule has 0 aliphatic carbocycles. The minimum Gasteiger partial charge on any atom is -0.476 e. The second-order valence-electron chi connectivity index (χ2n) is 4.11. The van der Waals surface area contributed by atoms with Crippen LogP contribution < -0.4 is 10.6 Å². The Balaban J connectivity index is 2.15. The predicted octanol–water partition coefficient (Wildman–Crippen LogP) is 2.37. The number of urea groups is 1. The molecule has 0 aromatic carbocycles. The van der Waals surface area contributed by atoms with Gasteiger partial charge in [-0.2, -0.15) is 13.2 Å². The fourth-order valence-electron chi connectivity index (χ4n) is 1.36. The molecular formula is C11H14F3N3O3S. The number of alkyl halides is 3. The molecule has 10 heteroatoms. The Labute approximate surface area is 122 Å². The summed E-state index contributed by atoms with van der Waals surface area (Å²) in [5.41, 5.74) is -0.0932. The number of rotatable bonds is 7. The number of halogens is 3. The van der Waals surface area contributed by atoms with Crippen LogP contribution in [0.5, 0.6) is 0 Å². The third kappa shape index (κ3) is 7.49. The summed E-state index contributed by atoms with van der Waals surface area (Å²) in [6.45, 7) is 0.201. The molecule has 1 rings (SSSR count). The normalized spacial score (nSPS) is 11.2. The number of nitrogens with zero attached hydrogens (tertiary/aromatic N) is 1. The molecule has 0 spiro atoms. The summed E-state index contributed by atoms with van der Waals surface area (Å²) >= 11 is 1.10. The summed E-state index contributed by atoms with van der Waals surface area (Å²) in [6, 6.07) is -0.533. The zero-order chi connectivity index (χ0) is 15.9. The van der Waals surface area contributed by atoms with Gasteiger partial charge in [0, 0.05) is 18.3 Å². The Morgan fingerprint density at radius 3 is 2.57 bits per heavy atom. The van der Waals surface area contributed by atoms with Crippen LogP contribution in [0.3, 0.4) is 0 Å². The fourth-order valence-corrected chi connectivity index (χ4v) is 2.07. The number of amides is 2. The number of hydrogen-bond acceptors (Lipinski definition) is 4. The second kappa shape index (κ2) is 7.81. The van der Waals surface area contributed by atoms with Gasteiger partial charge in [0.1, 0.15) is 5.01 Å². The second-order valence-corrected chi connectivity index (χ2v) is 5.06. The van der Waals surface area contributed by atoms with Gasteiger partial charge in [-0.25, -0.2) is 14.6 Å². The zero-order valence-electron chi connectivity index (χ0n) is 10.9. The number of unbranched alkanes of at least 4 members (excludes halogenated alkanes) is 1. The van der Waals surface area contributed by atoms with Crippen molar-refractivity contribution in [2.75, 3.05) is 6.54 Å². The summed E-state index contributed by atoms with van der Waals surface area (Å²) in [5.74, 6) is -1.15. The Morgan fingerprint density at radius 1 is 1.29 bits per heavy atom. The van der Waals surface area contributed by atoms with Crippen LogP contribution in [0.15, 0.2) is 5.38 Å². The topological polar surface area (TPSA) is 91.3 Å². The molecule has 0 atom stereocenters. The number of carbonyl (C=O) groups excluding carboxylic acids is 1. The minimum absolute atomic E-state index is 0.0434. The van der Waals surface area contributed by atoms with Gasteiger partial charge in [0.15, 0.2) is 5.69 Å². The van der Waals surface area contributed by atoms with Gasteiger partial charge in [-0.1, -0.05) is 0 Å². The molecule has 1 aromatic rings. The summed E-state index contributed by atoms with van der Waals surface area (Å²) in [5, 5.41) is 15.3. The van der Waals surface area contributed by atoms with Crippen molar-refractivity contribution in [1.82, 2.24) is 15.6 Å². The Morgan fingerprint density at radius 2 is 2.00 bits per heavy atom. The maximum Gasteiger partial charge on any atom is 0.389 e. The third-order valence-corrected chi connectivity index (χ3v) is 3.19. The van der Waals surface area contributed by atoms with Crippen molar-refractivity contribution >= 4 is 23.3 Å². The van der Waals surface area contributed by atoms with E-state index in [1.54, 1.807) is 0 Å². The molecule has 118 valence electrons. The Bertz CT molecular complexity index is 491. The lowest BCUT2D eigenvalue weighted by atomic mass is 10.2. The SMILES string of the molecule is O=C(NCCCCC(F)(F)F)NCc1nc(C(=O)O)cs1. The van der Waals surface area contributed by atoms with Crippen LogP contribution in [0.4, 0.5) is 18.0 Å². The number of thiazole rings is 1. The van der Waals surface area contributed by atoms with Gasteiger partial charge < -0.3 is 15.7 Å². The average molecular weight is 325 g/mol. The van der Waals surface area contributed by atoms with Crippen LogP contribution in [0.25, 0.3) is 0 Å². The van der Waals surface area contributed by atoms with Crippen molar-refractivity contribution in [3.05, 3.63) is 16.1 Å². The van der Waals surface area contributed by atoms with Crippen molar-refractivity contribution in [2.45, 2.75) is 32.0 Å². The van der Waals surface area contributed by atoms with E-state index < -0.39 is 24.6 Å². The highest BCUT2D eigenvalue weighted by molar-refractivity contribution is 7.09. The molecule has 1 heterocycles. The highest BCUT2D eigenvalue weighted by atomic mass is 32.1. The minimum atomic E-state index is -4.17. The van der Waals surface area contributed by atoms with E-state index in [2.05, 4.69) is 15.6 Å². The lowest BCUT2D eigenvalue weighted by Crippen LogP contribution is -2.35. The molecule has 0 saturated carbocycles. The summed E-state index contributed by atoms with van der Waals surface area (Å²) in [6.07, 6.45) is -4.85. The maximum absolute atomic E-state index is 11.9. The first-order valence-corrected chi connectivity index (χ1v) is 6.92. The molecule has 0 radical (unpaired) electrons. The number of carboxylic acid groups (broad SMARTS) is 1. The van der Waals surface area contributed by atoms with Crippen LogP contribution in [-0.4, -0.2) is 34.8 Å². The first-order valence-electron chi connectivity index (χ1n) is 6.04. The van der Waals surface area contributed by atoms with E-state index in [-0.39, 0.29) is 31.6 Å². The number of aromatic carboxylic acids is 1. The number of nitrogens with one attached hydrogen (secondary N) is 2. The van der Waals surface area contributed by atoms with Crippen LogP contribution in [0.2, 0.25) is 0 Å². The third-order valence-electron chi connectivity index (χ3n) is 2.34. The van der Waals surface area contributed by atoms with Crippen molar-refractivity contribution in [1.29, 1.82) is 0 Å². The molecule has 0 fully saturated rings. The van der Waals surface area contributed by atoms with E-state index in [4.69, 9.17) is 5.11 Å². The molecule has 0 bridgehead atoms. The molecule has 0 aliphatic heterocycles. The van der Waals surface area contributed by atoms with Gasteiger partial charge in [0.2, 0.25) is 0 Å². The van der Waals surface area contributed by atoms with Crippen LogP contribution in [0.1, 0.15) is 34.8 Å². The Hall–Kier alpha value is -1.84. The maximum atomic E-state index is 11.9. The summed E-state index contributed by atoms with van der Waals surface area (Å²) < 4.78 is 35.6. The number of hydrogen-bond donors (Lipinski definition) is 3. The van der Waals surface area contributed by atoms with Gasteiger partial charge >= 0.3 is 18.2 Å². The van der Waals surface area contributed by atoms with Crippen molar-refractivity contribution < 1.29 is 27.9 Å². The van der Waals surface area contributed by atoms with E-state index >= 15 is 0 Å². The molecule has 1 aromatic heterocycles. The molecular weight excluding hydrogens is 311 g/mol. The molecule has 2 amide bonds. The highest BCUT2D eigenvalue weighted by Crippen LogP contribution is 2.21. The van der Waals surface area contributed by atoms with E-state index in [0.717, 1.165) is 11.3 Å². The zero-order valence-corrected chi connectivity index (χ0v) is 11.7. The average Bonchev–Trinajstić information content (AvgIpc) is 2.83. The first-order chi connectivity index (χ1) is 9.78. The highest BCUT2D eigenvalue weighted by Gasteiger charge is 2.25. The van der Waals surface area contributed by atoms with Crippen LogP contribution in [0, 0.1) is 0 Å². The van der Waals surface area contributed by atoms with E-state index in [1.807, 2.05) is 0 Å². The summed E-state index contributed by atoms with van der Waals surface area (Å²) in [7, 11) is 0. The molecule has 6 nitrogen and oxygen atoms in total. The van der Waals surface area contributed by atoms with E-state index in [9.17, 15) is 22.8 Å². The van der Waals surface area contributed by atoms with Crippen molar-refractivity contribution in [3.8, 4) is 0 Å². The van der Waals surface area contributed by atoms with Gasteiger partial charge in [-0.05, 0) is 12.8 Å². The monoisotopic (exact) mass is 325 g/mol. The quantitative estimate of drug-likeness (QED) is 0.671. The van der Waals surface area contributed by atoms with Gasteiger partial charge in [0.25, 0.3) is 0 Å². The first kappa shape index (κ1) is 17.2. The lowest BCUT2D eigenvalue weighted by Gasteiger charge is -2.07.